The highest BCUT2D eigenvalue weighted by atomic mass is 19.4. The Bertz CT molecular complexity index is 1290. The number of hydrogen-bond acceptors (Lipinski definition) is 2. The van der Waals surface area contributed by atoms with Crippen LogP contribution in [0.25, 0.3) is 33.0 Å². The number of halogens is 3. The highest BCUT2D eigenvalue weighted by Gasteiger charge is 2.30. The average Bonchev–Trinajstić information content (AvgIpc) is 2.81. The molecule has 0 aromatic heterocycles. The molecular formula is C28H21F3O2. The Morgan fingerprint density at radius 3 is 2.06 bits per heavy atom. The largest absolute Gasteiger partial charge is 0.573 e. The summed E-state index contributed by atoms with van der Waals surface area (Å²) in [5.74, 6) is -0.262. The molecule has 166 valence electrons. The van der Waals surface area contributed by atoms with Crippen LogP contribution < -0.4 is 4.74 Å². The van der Waals surface area contributed by atoms with Gasteiger partial charge in [0, 0.05) is 5.56 Å². The van der Waals surface area contributed by atoms with Crippen molar-refractivity contribution in [3.05, 3.63) is 103 Å². The fourth-order valence-electron chi connectivity index (χ4n) is 3.90. The first-order valence-electron chi connectivity index (χ1n) is 10.5. The van der Waals surface area contributed by atoms with Crippen LogP contribution in [0, 0.1) is 0 Å². The highest BCUT2D eigenvalue weighted by molar-refractivity contribution is 6.04. The van der Waals surface area contributed by atoms with Gasteiger partial charge in [-0.25, -0.2) is 0 Å². The lowest BCUT2D eigenvalue weighted by Gasteiger charge is -2.12. The highest BCUT2D eigenvalue weighted by Crippen LogP contribution is 2.32. The first kappa shape index (κ1) is 22.3. The van der Waals surface area contributed by atoms with Crippen molar-refractivity contribution in [1.82, 2.24) is 0 Å². The quantitative estimate of drug-likeness (QED) is 0.212. The standard InChI is InChI=1S/C28H21F3O2/c1-2-3-4-19-5-15-26-23(17-19)12-16-25(27(26)18-32)22-8-6-20(7-9-22)21-10-13-24(14-11-21)33-28(29,30)31/h2,5-18H,1,3-4H2. The van der Waals surface area contributed by atoms with E-state index >= 15 is 0 Å². The van der Waals surface area contributed by atoms with Gasteiger partial charge in [-0.1, -0.05) is 72.8 Å². The van der Waals surface area contributed by atoms with E-state index in [-0.39, 0.29) is 5.75 Å². The molecule has 2 nitrogen and oxygen atoms in total. The maximum absolute atomic E-state index is 12.3. The predicted octanol–water partition coefficient (Wildman–Crippen LogP) is 8.00. The number of benzene rings is 4. The summed E-state index contributed by atoms with van der Waals surface area (Å²) in [6.45, 7) is 3.76. The van der Waals surface area contributed by atoms with Crippen LogP contribution in [-0.2, 0) is 6.42 Å². The third-order valence-corrected chi connectivity index (χ3v) is 5.50. The van der Waals surface area contributed by atoms with Crippen molar-refractivity contribution in [2.24, 2.45) is 0 Å². The fraction of sp³-hybridized carbons (Fsp3) is 0.107. The van der Waals surface area contributed by atoms with Crippen molar-refractivity contribution in [2.75, 3.05) is 0 Å². The Hall–Kier alpha value is -3.86. The van der Waals surface area contributed by atoms with Crippen LogP contribution >= 0.6 is 0 Å². The summed E-state index contributed by atoms with van der Waals surface area (Å²) in [5, 5.41) is 1.91. The van der Waals surface area contributed by atoms with E-state index in [1.165, 1.54) is 17.7 Å². The van der Waals surface area contributed by atoms with Crippen LogP contribution in [0.15, 0.2) is 91.5 Å². The Balaban J connectivity index is 1.62. The van der Waals surface area contributed by atoms with Crippen molar-refractivity contribution in [3.8, 4) is 28.0 Å². The van der Waals surface area contributed by atoms with E-state index in [2.05, 4.69) is 17.4 Å². The van der Waals surface area contributed by atoms with E-state index in [4.69, 9.17) is 0 Å². The van der Waals surface area contributed by atoms with Gasteiger partial charge in [-0.2, -0.15) is 0 Å². The minimum atomic E-state index is -4.72. The van der Waals surface area contributed by atoms with Crippen molar-refractivity contribution in [1.29, 1.82) is 0 Å². The third kappa shape index (κ3) is 5.14. The van der Waals surface area contributed by atoms with Crippen LogP contribution in [-0.4, -0.2) is 12.6 Å². The van der Waals surface area contributed by atoms with Gasteiger partial charge in [0.15, 0.2) is 6.29 Å². The van der Waals surface area contributed by atoms with Crippen molar-refractivity contribution < 1.29 is 22.7 Å². The molecule has 0 aliphatic heterocycles. The first-order valence-corrected chi connectivity index (χ1v) is 10.5. The van der Waals surface area contributed by atoms with E-state index in [1.54, 1.807) is 12.1 Å². The van der Waals surface area contributed by atoms with Gasteiger partial charge in [0.05, 0.1) is 0 Å². The van der Waals surface area contributed by atoms with Gasteiger partial charge >= 0.3 is 6.36 Å². The number of alkyl halides is 3. The lowest BCUT2D eigenvalue weighted by Crippen LogP contribution is -2.16. The molecule has 0 atom stereocenters. The third-order valence-electron chi connectivity index (χ3n) is 5.50. The smallest absolute Gasteiger partial charge is 0.406 e. The molecule has 0 heterocycles. The zero-order valence-corrected chi connectivity index (χ0v) is 17.7. The van der Waals surface area contributed by atoms with Gasteiger partial charge in [-0.15, -0.1) is 19.8 Å². The second kappa shape index (κ2) is 9.33. The molecule has 0 spiro atoms. The Kier molecular flexibility index (Phi) is 6.31. The molecule has 4 aromatic carbocycles. The number of fused-ring (bicyclic) bond motifs is 1. The molecule has 4 aromatic rings. The minimum absolute atomic E-state index is 0.262. The lowest BCUT2D eigenvalue weighted by atomic mass is 9.92. The molecule has 0 fully saturated rings. The molecule has 0 amide bonds. The fourth-order valence-corrected chi connectivity index (χ4v) is 3.90. The number of ether oxygens (including phenoxy) is 1. The summed E-state index contributed by atoms with van der Waals surface area (Å²) in [6.07, 6.45) is -0.143. The van der Waals surface area contributed by atoms with Crippen LogP contribution in [0.3, 0.4) is 0 Å². The normalized spacial score (nSPS) is 11.4. The summed E-state index contributed by atoms with van der Waals surface area (Å²) in [4.78, 5) is 12.0. The van der Waals surface area contributed by atoms with Crippen molar-refractivity contribution >= 4 is 17.1 Å². The molecule has 33 heavy (non-hydrogen) atoms. The number of carbonyl (C=O) groups is 1. The van der Waals surface area contributed by atoms with E-state index < -0.39 is 6.36 Å². The molecule has 0 aliphatic rings. The molecular weight excluding hydrogens is 425 g/mol. The van der Waals surface area contributed by atoms with Crippen LogP contribution in [0.5, 0.6) is 5.75 Å². The Morgan fingerprint density at radius 1 is 0.818 bits per heavy atom. The van der Waals surface area contributed by atoms with Crippen LogP contribution in [0.2, 0.25) is 0 Å². The molecule has 0 saturated heterocycles. The summed E-state index contributed by atoms with van der Waals surface area (Å²) in [6, 6.07) is 23.4. The minimum Gasteiger partial charge on any atom is -0.406 e. The number of allylic oxidation sites excluding steroid dienone is 1. The Labute approximate surface area is 189 Å². The van der Waals surface area contributed by atoms with Gasteiger partial charge in [0.1, 0.15) is 5.75 Å². The topological polar surface area (TPSA) is 26.3 Å². The second-order valence-corrected chi connectivity index (χ2v) is 7.68. The molecule has 5 heteroatoms. The Morgan fingerprint density at radius 2 is 1.45 bits per heavy atom. The lowest BCUT2D eigenvalue weighted by molar-refractivity contribution is -0.274. The summed E-state index contributed by atoms with van der Waals surface area (Å²) in [7, 11) is 0. The summed E-state index contributed by atoms with van der Waals surface area (Å²) >= 11 is 0. The molecule has 0 aliphatic carbocycles. The van der Waals surface area contributed by atoms with E-state index in [0.717, 1.165) is 52.2 Å². The van der Waals surface area contributed by atoms with Gasteiger partial charge in [-0.05, 0) is 63.6 Å². The molecule has 4 rings (SSSR count). The second-order valence-electron chi connectivity index (χ2n) is 7.68. The number of aldehydes is 1. The average molecular weight is 446 g/mol. The maximum Gasteiger partial charge on any atom is 0.573 e. The number of hydrogen-bond donors (Lipinski definition) is 0. The summed E-state index contributed by atoms with van der Waals surface area (Å²) < 4.78 is 41.0. The van der Waals surface area contributed by atoms with Crippen molar-refractivity contribution in [3.63, 3.8) is 0 Å². The molecule has 0 N–H and O–H groups in total. The van der Waals surface area contributed by atoms with Crippen LogP contribution in [0.1, 0.15) is 22.3 Å². The molecule has 0 bridgehead atoms. The summed E-state index contributed by atoms with van der Waals surface area (Å²) in [5.41, 5.74) is 5.15. The predicted molar refractivity (Wildman–Crippen MR) is 125 cm³/mol. The molecule has 0 radical (unpaired) electrons. The SMILES string of the molecule is C=CCCc1ccc2c(C=O)c(-c3ccc(-c4ccc(OC(F)(F)F)cc4)cc3)ccc2c1. The van der Waals surface area contributed by atoms with Gasteiger partial charge in [0.25, 0.3) is 0 Å². The van der Waals surface area contributed by atoms with Gasteiger partial charge in [-0.3, -0.25) is 4.79 Å². The van der Waals surface area contributed by atoms with E-state index in [0.29, 0.717) is 5.56 Å². The molecule has 0 saturated carbocycles. The number of carbonyl (C=O) groups excluding carboxylic acids is 1. The van der Waals surface area contributed by atoms with E-state index in [1.807, 2.05) is 54.6 Å². The molecule has 0 unspecified atom stereocenters. The number of aryl methyl sites for hydroxylation is 1. The van der Waals surface area contributed by atoms with Crippen molar-refractivity contribution in [2.45, 2.75) is 19.2 Å². The van der Waals surface area contributed by atoms with E-state index in [9.17, 15) is 18.0 Å². The number of rotatable bonds is 7. The van der Waals surface area contributed by atoms with Gasteiger partial charge in [0.2, 0.25) is 0 Å². The zero-order chi connectivity index (χ0) is 23.4. The first-order chi connectivity index (χ1) is 15.9. The monoisotopic (exact) mass is 446 g/mol. The zero-order valence-electron chi connectivity index (χ0n) is 17.7. The van der Waals surface area contributed by atoms with Crippen LogP contribution in [0.4, 0.5) is 13.2 Å². The van der Waals surface area contributed by atoms with Gasteiger partial charge < -0.3 is 4.74 Å². The maximum atomic E-state index is 12.3.